The van der Waals surface area contributed by atoms with Gasteiger partial charge in [0.25, 0.3) is 0 Å². The number of hydrogen-bond donors (Lipinski definition) is 1. The van der Waals surface area contributed by atoms with Gasteiger partial charge in [-0.2, -0.15) is 0 Å². The number of ether oxygens (including phenoxy) is 1. The predicted molar refractivity (Wildman–Crippen MR) is 99.4 cm³/mol. The lowest BCUT2D eigenvalue weighted by molar-refractivity contribution is -0.0859. The summed E-state index contributed by atoms with van der Waals surface area (Å²) in [5.41, 5.74) is 0. The average Bonchev–Trinajstić information content (AvgIpc) is 2.56. The second kappa shape index (κ2) is 8.66. The summed E-state index contributed by atoms with van der Waals surface area (Å²) < 4.78 is 6.84. The van der Waals surface area contributed by atoms with E-state index in [0.29, 0.717) is 12.7 Å². The van der Waals surface area contributed by atoms with E-state index in [-0.39, 0.29) is 6.10 Å². The zero-order valence-electron chi connectivity index (χ0n) is 13.9. The van der Waals surface area contributed by atoms with E-state index in [0.717, 1.165) is 34.5 Å². The van der Waals surface area contributed by atoms with E-state index >= 15 is 0 Å². The molecule has 22 heavy (non-hydrogen) atoms. The van der Waals surface area contributed by atoms with Crippen molar-refractivity contribution in [1.82, 2.24) is 0 Å². The Kier molecular flexibility index (Phi) is 6.88. The van der Waals surface area contributed by atoms with Gasteiger partial charge in [-0.15, -0.1) is 0 Å². The first-order valence-corrected chi connectivity index (χ1v) is 10.9. The van der Waals surface area contributed by atoms with E-state index in [1.165, 1.54) is 64.2 Å². The first-order valence-electron chi connectivity index (χ1n) is 9.64. The van der Waals surface area contributed by atoms with Crippen LogP contribution in [-0.2, 0) is 4.74 Å². The van der Waals surface area contributed by atoms with Crippen LogP contribution < -0.4 is 0 Å². The molecule has 0 bridgehead atoms. The molecule has 0 aromatic carbocycles. The minimum Gasteiger partial charge on any atom is -0.391 e. The molecular weight excluding hydrogens is 387 g/mol. The molecule has 2 atom stereocenters. The van der Waals surface area contributed by atoms with Gasteiger partial charge >= 0.3 is 0 Å². The molecule has 0 spiro atoms. The summed E-state index contributed by atoms with van der Waals surface area (Å²) in [5.74, 6) is 2.80. The summed E-state index contributed by atoms with van der Waals surface area (Å²) in [5, 5.41) is 9.55. The highest BCUT2D eigenvalue weighted by Gasteiger charge is 2.31. The summed E-state index contributed by atoms with van der Waals surface area (Å²) in [6.45, 7) is 0.573. The van der Waals surface area contributed by atoms with Crippen molar-refractivity contribution in [3.63, 3.8) is 0 Å². The lowest BCUT2D eigenvalue weighted by atomic mass is 9.75. The number of aliphatic hydroxyl groups excluding tert-OH is 1. The third-order valence-electron chi connectivity index (χ3n) is 6.46. The Morgan fingerprint density at radius 3 is 1.91 bits per heavy atom. The molecule has 2 unspecified atom stereocenters. The highest BCUT2D eigenvalue weighted by atomic mass is 127. The molecule has 1 heterocycles. The molecule has 3 heteroatoms. The van der Waals surface area contributed by atoms with Gasteiger partial charge in [-0.1, -0.05) is 48.3 Å². The van der Waals surface area contributed by atoms with Gasteiger partial charge in [0.05, 0.1) is 18.8 Å². The van der Waals surface area contributed by atoms with Crippen molar-refractivity contribution in [1.29, 1.82) is 0 Å². The zero-order chi connectivity index (χ0) is 15.4. The van der Waals surface area contributed by atoms with Crippen LogP contribution in [0.3, 0.4) is 0 Å². The van der Waals surface area contributed by atoms with Gasteiger partial charge < -0.3 is 9.84 Å². The van der Waals surface area contributed by atoms with E-state index in [9.17, 15) is 5.11 Å². The topological polar surface area (TPSA) is 29.5 Å². The molecule has 1 N–H and O–H groups in total. The van der Waals surface area contributed by atoms with Crippen LogP contribution in [0.15, 0.2) is 0 Å². The Labute approximate surface area is 149 Å². The highest BCUT2D eigenvalue weighted by Crippen LogP contribution is 2.39. The van der Waals surface area contributed by atoms with Crippen LogP contribution in [-0.4, -0.2) is 27.8 Å². The lowest BCUT2D eigenvalue weighted by Crippen LogP contribution is -2.36. The third-order valence-corrected chi connectivity index (χ3v) is 7.71. The molecule has 0 radical (unpaired) electrons. The van der Waals surface area contributed by atoms with Crippen LogP contribution in [0.25, 0.3) is 0 Å². The van der Waals surface area contributed by atoms with Crippen molar-refractivity contribution in [2.24, 2.45) is 17.8 Å². The van der Waals surface area contributed by atoms with Crippen LogP contribution >= 0.6 is 22.6 Å². The summed E-state index contributed by atoms with van der Waals surface area (Å²) in [6.07, 6.45) is 16.7. The first-order chi connectivity index (χ1) is 10.7. The van der Waals surface area contributed by atoms with Gasteiger partial charge in [-0.25, -0.2) is 0 Å². The van der Waals surface area contributed by atoms with Gasteiger partial charge in [-0.05, 0) is 69.1 Å². The van der Waals surface area contributed by atoms with E-state index in [1.54, 1.807) is 0 Å². The van der Waals surface area contributed by atoms with Gasteiger partial charge in [-0.3, -0.25) is 0 Å². The number of rotatable bonds is 4. The predicted octanol–water partition coefficient (Wildman–Crippen LogP) is 5.11. The SMILES string of the molecule is OC1CCC(C2CCC(CCC3CCC(I)CC3)CC2)OC1. The standard InChI is InChI=1S/C19H33IO2/c20-17-9-5-15(6-10-17)2-1-14-3-7-16(8-4-14)19-12-11-18(21)13-22-19/h14-19,21H,1-13H2. The minimum absolute atomic E-state index is 0.203. The number of halogens is 1. The van der Waals surface area contributed by atoms with E-state index in [4.69, 9.17) is 4.74 Å². The molecule has 3 fully saturated rings. The van der Waals surface area contributed by atoms with Crippen LogP contribution in [0.1, 0.15) is 77.0 Å². The van der Waals surface area contributed by atoms with Gasteiger partial charge in [0.2, 0.25) is 0 Å². The Balaban J connectivity index is 1.32. The second-order valence-electron chi connectivity index (χ2n) is 8.08. The molecule has 128 valence electrons. The van der Waals surface area contributed by atoms with E-state index in [2.05, 4.69) is 22.6 Å². The monoisotopic (exact) mass is 420 g/mol. The molecule has 3 rings (SSSR count). The maximum atomic E-state index is 9.55. The van der Waals surface area contributed by atoms with Gasteiger partial charge in [0.15, 0.2) is 0 Å². The van der Waals surface area contributed by atoms with E-state index in [1.807, 2.05) is 0 Å². The van der Waals surface area contributed by atoms with Crippen LogP contribution in [0.2, 0.25) is 0 Å². The molecular formula is C19H33IO2. The first kappa shape index (κ1) is 17.5. The normalized spacial score (nSPS) is 43.9. The summed E-state index contributed by atoms with van der Waals surface area (Å²) in [7, 11) is 0. The largest absolute Gasteiger partial charge is 0.391 e. The second-order valence-corrected chi connectivity index (χ2v) is 9.84. The Bertz CT molecular complexity index is 311. The number of aliphatic hydroxyl groups is 1. The van der Waals surface area contributed by atoms with Crippen molar-refractivity contribution >= 4 is 22.6 Å². The summed E-state index contributed by atoms with van der Waals surface area (Å²) >= 11 is 2.64. The van der Waals surface area contributed by atoms with E-state index < -0.39 is 0 Å². The van der Waals surface area contributed by atoms with Crippen molar-refractivity contribution < 1.29 is 9.84 Å². The quantitative estimate of drug-likeness (QED) is 0.506. The highest BCUT2D eigenvalue weighted by molar-refractivity contribution is 14.1. The third kappa shape index (κ3) is 5.07. The molecule has 2 nitrogen and oxygen atoms in total. The van der Waals surface area contributed by atoms with Crippen molar-refractivity contribution in [3.05, 3.63) is 0 Å². The number of alkyl halides is 1. The number of hydrogen-bond acceptors (Lipinski definition) is 2. The molecule has 0 aromatic rings. The lowest BCUT2D eigenvalue weighted by Gasteiger charge is -2.37. The van der Waals surface area contributed by atoms with Crippen molar-refractivity contribution in [3.8, 4) is 0 Å². The van der Waals surface area contributed by atoms with Crippen LogP contribution in [0, 0.1) is 17.8 Å². The van der Waals surface area contributed by atoms with Crippen molar-refractivity contribution in [2.45, 2.75) is 93.2 Å². The van der Waals surface area contributed by atoms with Gasteiger partial charge in [0.1, 0.15) is 0 Å². The molecule has 2 aliphatic carbocycles. The molecule has 0 amide bonds. The zero-order valence-corrected chi connectivity index (χ0v) is 16.0. The molecule has 2 saturated carbocycles. The average molecular weight is 420 g/mol. The molecule has 3 aliphatic rings. The maximum Gasteiger partial charge on any atom is 0.0774 e. The maximum absolute atomic E-state index is 9.55. The summed E-state index contributed by atoms with van der Waals surface area (Å²) in [6, 6.07) is 0. The van der Waals surface area contributed by atoms with Crippen LogP contribution in [0.5, 0.6) is 0 Å². The Morgan fingerprint density at radius 1 is 0.773 bits per heavy atom. The molecule has 1 aliphatic heterocycles. The Morgan fingerprint density at radius 2 is 1.36 bits per heavy atom. The summed E-state index contributed by atoms with van der Waals surface area (Å²) in [4.78, 5) is 0. The fourth-order valence-corrected chi connectivity index (χ4v) is 5.58. The smallest absolute Gasteiger partial charge is 0.0774 e. The fourth-order valence-electron chi connectivity index (χ4n) is 4.86. The van der Waals surface area contributed by atoms with Crippen LogP contribution in [0.4, 0.5) is 0 Å². The Hall–Kier alpha value is 0.650. The minimum atomic E-state index is -0.203. The van der Waals surface area contributed by atoms with Gasteiger partial charge in [0, 0.05) is 3.92 Å². The van der Waals surface area contributed by atoms with Crippen molar-refractivity contribution in [2.75, 3.05) is 6.61 Å². The fraction of sp³-hybridized carbons (Fsp3) is 1.00. The molecule has 0 aromatic heterocycles. The molecule has 1 saturated heterocycles.